The number of benzene rings is 1. The van der Waals surface area contributed by atoms with Crippen LogP contribution >= 0.6 is 0 Å². The normalized spacial score (nSPS) is 23.4. The van der Waals surface area contributed by atoms with Crippen LogP contribution in [0, 0.1) is 0 Å². The minimum absolute atomic E-state index is 0.104. The Kier molecular flexibility index (Phi) is 5.69. The van der Waals surface area contributed by atoms with E-state index in [1.807, 2.05) is 11.4 Å². The van der Waals surface area contributed by atoms with Crippen molar-refractivity contribution in [1.29, 1.82) is 0 Å². The molecular weight excluding hydrogens is 450 g/mol. The number of hydrogen-bond donors (Lipinski definition) is 3. The zero-order valence-electron chi connectivity index (χ0n) is 19.8. The lowest BCUT2D eigenvalue weighted by atomic mass is 9.86. The van der Waals surface area contributed by atoms with Gasteiger partial charge in [0.25, 0.3) is 0 Å². The topological polar surface area (TPSA) is 106 Å². The van der Waals surface area contributed by atoms with Crippen molar-refractivity contribution < 1.29 is 9.00 Å². The van der Waals surface area contributed by atoms with E-state index >= 15 is 0 Å². The lowest BCUT2D eigenvalue weighted by molar-refractivity contribution is -0.134. The summed E-state index contributed by atoms with van der Waals surface area (Å²) in [7, 11) is 0.591. The Labute approximate surface area is 202 Å². The molecule has 1 aromatic heterocycles. The molecule has 9 nitrogen and oxygen atoms in total. The highest BCUT2D eigenvalue weighted by Crippen LogP contribution is 2.39. The number of aromatic amines is 1. The Balaban J connectivity index is 1.17. The summed E-state index contributed by atoms with van der Waals surface area (Å²) < 4.78 is 15.2. The van der Waals surface area contributed by atoms with Crippen LogP contribution in [-0.2, 0) is 41.5 Å². The fourth-order valence-corrected chi connectivity index (χ4v) is 7.33. The maximum absolute atomic E-state index is 13.3. The first-order chi connectivity index (χ1) is 16.5. The number of amides is 1. The van der Waals surface area contributed by atoms with Crippen LogP contribution < -0.4 is 10.6 Å². The van der Waals surface area contributed by atoms with Gasteiger partial charge in [0, 0.05) is 31.9 Å². The zero-order chi connectivity index (χ0) is 23.3. The van der Waals surface area contributed by atoms with Gasteiger partial charge in [0.15, 0.2) is 11.0 Å². The number of aryl methyl sites for hydroxylation is 2. The number of anilines is 2. The molecule has 2 aliphatic heterocycles. The first kappa shape index (κ1) is 22.2. The summed E-state index contributed by atoms with van der Waals surface area (Å²) in [4.78, 5) is 19.6. The fraction of sp³-hybridized carbons (Fsp3) is 0.625. The largest absolute Gasteiger partial charge is 0.354 e. The second kappa shape index (κ2) is 8.73. The van der Waals surface area contributed by atoms with Gasteiger partial charge < -0.3 is 10.6 Å². The molecule has 10 heteroatoms. The number of likely N-dealkylation sites (N-methyl/N-ethyl adjacent to an activating group) is 1. The van der Waals surface area contributed by atoms with E-state index in [0.29, 0.717) is 37.0 Å². The molecule has 0 radical (unpaired) electrons. The quantitative estimate of drug-likeness (QED) is 0.613. The summed E-state index contributed by atoms with van der Waals surface area (Å²) in [5.41, 5.74) is 6.40. The molecule has 2 aliphatic carbocycles. The van der Waals surface area contributed by atoms with Gasteiger partial charge in [0.2, 0.25) is 17.0 Å². The highest BCUT2D eigenvalue weighted by Gasteiger charge is 2.46. The summed E-state index contributed by atoms with van der Waals surface area (Å²) >= 11 is 0. The number of carbonyl (C=O) groups is 1. The molecule has 4 aliphatic rings. The molecule has 34 heavy (non-hydrogen) atoms. The van der Waals surface area contributed by atoms with Crippen molar-refractivity contribution in [2.75, 3.05) is 38.5 Å². The molecule has 2 aromatic rings. The van der Waals surface area contributed by atoms with E-state index < -0.39 is 16.5 Å². The van der Waals surface area contributed by atoms with E-state index in [9.17, 15) is 9.00 Å². The van der Waals surface area contributed by atoms with Crippen LogP contribution in [0.1, 0.15) is 54.4 Å². The van der Waals surface area contributed by atoms with Gasteiger partial charge in [-0.3, -0.25) is 9.69 Å². The SMILES string of the molecule is CN1CCCNC(=O)C12CCN(S(=O)c1nc(Nc3c4c(cc5c3CCC5)CCC4)n[nH]1)CC2. The number of nitrogens with one attached hydrogen (secondary N) is 3. The average molecular weight is 484 g/mol. The van der Waals surface area contributed by atoms with Crippen LogP contribution in [0.5, 0.6) is 0 Å². The molecule has 1 unspecified atom stereocenters. The molecular formula is C24H33N7O2S. The van der Waals surface area contributed by atoms with Crippen molar-refractivity contribution in [1.82, 2.24) is 29.7 Å². The maximum atomic E-state index is 13.3. The van der Waals surface area contributed by atoms with E-state index in [1.165, 1.54) is 40.8 Å². The predicted molar refractivity (Wildman–Crippen MR) is 130 cm³/mol. The predicted octanol–water partition coefficient (Wildman–Crippen LogP) is 1.83. The molecule has 2 fully saturated rings. The smallest absolute Gasteiger partial charge is 0.247 e. The summed E-state index contributed by atoms with van der Waals surface area (Å²) in [6, 6.07) is 2.41. The van der Waals surface area contributed by atoms with Crippen molar-refractivity contribution in [3.05, 3.63) is 28.3 Å². The first-order valence-corrected chi connectivity index (χ1v) is 13.7. The van der Waals surface area contributed by atoms with Gasteiger partial charge in [-0.2, -0.15) is 4.98 Å². The lowest BCUT2D eigenvalue weighted by Gasteiger charge is -2.44. The Morgan fingerprint density at radius 3 is 2.44 bits per heavy atom. The molecule has 3 heterocycles. The number of aromatic nitrogens is 3. The van der Waals surface area contributed by atoms with Crippen LogP contribution in [0.4, 0.5) is 11.6 Å². The van der Waals surface area contributed by atoms with Gasteiger partial charge in [-0.05, 0) is 87.1 Å². The molecule has 2 saturated heterocycles. The van der Waals surface area contributed by atoms with Crippen LogP contribution in [-0.4, -0.2) is 73.3 Å². The molecule has 1 spiro atoms. The zero-order valence-corrected chi connectivity index (χ0v) is 20.6. The highest BCUT2D eigenvalue weighted by atomic mass is 32.2. The standard InChI is InChI=1S/C24H33N7O2S/c1-30-12-4-11-25-21(32)24(30)9-13-31(14-10-24)34(33)23-27-22(28-29-23)26-20-18-7-2-5-16(18)15-17-6-3-8-19(17)20/h15H,2-14H2,1H3,(H,25,32)(H2,26,27,28,29). The van der Waals surface area contributed by atoms with Gasteiger partial charge in [-0.1, -0.05) is 6.07 Å². The van der Waals surface area contributed by atoms with Crippen molar-refractivity contribution in [2.24, 2.45) is 0 Å². The molecule has 0 bridgehead atoms. The maximum Gasteiger partial charge on any atom is 0.247 e. The number of rotatable bonds is 4. The van der Waals surface area contributed by atoms with Gasteiger partial charge >= 0.3 is 0 Å². The number of H-pyrrole nitrogens is 1. The number of hydrogen-bond acceptors (Lipinski definition) is 6. The minimum atomic E-state index is -1.44. The van der Waals surface area contributed by atoms with E-state index in [4.69, 9.17) is 0 Å². The summed E-state index contributed by atoms with van der Waals surface area (Å²) in [5, 5.41) is 14.2. The highest BCUT2D eigenvalue weighted by molar-refractivity contribution is 7.82. The fourth-order valence-electron chi connectivity index (χ4n) is 6.28. The van der Waals surface area contributed by atoms with Gasteiger partial charge in [-0.25, -0.2) is 13.6 Å². The molecule has 1 aromatic carbocycles. The van der Waals surface area contributed by atoms with Crippen molar-refractivity contribution in [3.63, 3.8) is 0 Å². The van der Waals surface area contributed by atoms with Crippen LogP contribution in [0.25, 0.3) is 0 Å². The van der Waals surface area contributed by atoms with E-state index in [0.717, 1.165) is 45.2 Å². The monoisotopic (exact) mass is 483 g/mol. The average Bonchev–Trinajstić information content (AvgIpc) is 3.60. The van der Waals surface area contributed by atoms with Gasteiger partial charge in [0.05, 0.1) is 0 Å². The molecule has 1 amide bonds. The number of fused-ring (bicyclic) bond motifs is 2. The number of nitrogens with zero attached hydrogens (tertiary/aromatic N) is 4. The van der Waals surface area contributed by atoms with Crippen LogP contribution in [0.3, 0.4) is 0 Å². The lowest BCUT2D eigenvalue weighted by Crippen LogP contribution is -2.60. The Morgan fingerprint density at radius 2 is 1.74 bits per heavy atom. The van der Waals surface area contributed by atoms with Crippen LogP contribution in [0.15, 0.2) is 11.2 Å². The van der Waals surface area contributed by atoms with Crippen LogP contribution in [0.2, 0.25) is 0 Å². The molecule has 182 valence electrons. The number of carbonyl (C=O) groups excluding carboxylic acids is 1. The van der Waals surface area contributed by atoms with Gasteiger partial charge in [0.1, 0.15) is 5.54 Å². The summed E-state index contributed by atoms with van der Waals surface area (Å²) in [6.45, 7) is 2.77. The van der Waals surface area contributed by atoms with Crippen molar-refractivity contribution in [3.8, 4) is 0 Å². The van der Waals surface area contributed by atoms with E-state index in [1.54, 1.807) is 0 Å². The number of piperidine rings is 1. The Morgan fingerprint density at radius 1 is 1.03 bits per heavy atom. The third-order valence-electron chi connectivity index (χ3n) is 8.23. The third kappa shape index (κ3) is 3.67. The third-order valence-corrected chi connectivity index (χ3v) is 9.58. The van der Waals surface area contributed by atoms with Gasteiger partial charge in [-0.15, -0.1) is 5.10 Å². The first-order valence-electron chi connectivity index (χ1n) is 12.6. The Bertz CT molecular complexity index is 1110. The van der Waals surface area contributed by atoms with Crippen molar-refractivity contribution >= 4 is 28.5 Å². The second-order valence-electron chi connectivity index (χ2n) is 10.1. The second-order valence-corrected chi connectivity index (χ2v) is 11.5. The van der Waals surface area contributed by atoms with E-state index in [2.05, 4.69) is 36.8 Å². The summed E-state index contributed by atoms with van der Waals surface area (Å²) in [5.74, 6) is 0.584. The van der Waals surface area contributed by atoms with Crippen molar-refractivity contribution in [2.45, 2.75) is 68.5 Å². The molecule has 6 rings (SSSR count). The molecule has 3 N–H and O–H groups in total. The molecule has 0 saturated carbocycles. The molecule has 1 atom stereocenters. The Hall–Kier alpha value is -2.30. The summed E-state index contributed by atoms with van der Waals surface area (Å²) in [6.07, 6.45) is 9.12. The van der Waals surface area contributed by atoms with E-state index in [-0.39, 0.29) is 5.91 Å². The minimum Gasteiger partial charge on any atom is -0.354 e.